The molecule has 0 bridgehead atoms. The summed E-state index contributed by atoms with van der Waals surface area (Å²) in [7, 11) is 0. The van der Waals surface area contributed by atoms with Gasteiger partial charge in [-0.15, -0.1) is 0 Å². The Morgan fingerprint density at radius 3 is 2.19 bits per heavy atom. The van der Waals surface area contributed by atoms with Crippen molar-refractivity contribution in [1.82, 2.24) is 10.6 Å². The number of carboxylic acid groups (broad SMARTS) is 1. The van der Waals surface area contributed by atoms with E-state index in [0.29, 0.717) is 0 Å². The third-order valence-electron chi connectivity index (χ3n) is 4.19. The van der Waals surface area contributed by atoms with Gasteiger partial charge in [0.25, 0.3) is 0 Å². The number of carbonyl (C=O) groups excluding carboxylic acids is 2. The quantitative estimate of drug-likeness (QED) is 0.660. The summed E-state index contributed by atoms with van der Waals surface area (Å²) in [6, 6.07) is 7.22. The highest BCUT2D eigenvalue weighted by molar-refractivity contribution is 5.92. The van der Waals surface area contributed by atoms with Gasteiger partial charge in [-0.1, -0.05) is 68.5 Å². The van der Waals surface area contributed by atoms with Crippen LogP contribution in [-0.4, -0.2) is 35.0 Å². The van der Waals surface area contributed by atoms with E-state index in [9.17, 15) is 19.5 Å². The fourth-order valence-electron chi connectivity index (χ4n) is 2.70. The highest BCUT2D eigenvalue weighted by Crippen LogP contribution is 2.11. The largest absolute Gasteiger partial charge is 0.480 e. The first kappa shape index (κ1) is 19.4. The summed E-state index contributed by atoms with van der Waals surface area (Å²) in [5, 5.41) is 14.7. The Balaban J connectivity index is 2.04. The molecule has 0 fully saturated rings. The highest BCUT2D eigenvalue weighted by Gasteiger charge is 2.30. The Morgan fingerprint density at radius 2 is 1.65 bits per heavy atom. The first-order valence-corrected chi connectivity index (χ1v) is 8.61. The average molecular weight is 356 g/mol. The minimum atomic E-state index is -1.11. The van der Waals surface area contributed by atoms with Gasteiger partial charge in [0.15, 0.2) is 0 Å². The predicted octanol–water partition coefficient (Wildman–Crippen LogP) is 1.68. The molecule has 2 atom stereocenters. The van der Waals surface area contributed by atoms with E-state index in [1.165, 1.54) is 0 Å². The van der Waals surface area contributed by atoms with Crippen LogP contribution >= 0.6 is 0 Å². The normalized spacial score (nSPS) is 15.7. The number of amides is 2. The van der Waals surface area contributed by atoms with E-state index in [1.807, 2.05) is 30.3 Å². The minimum absolute atomic E-state index is 0.175. The molecule has 0 radical (unpaired) electrons. The van der Waals surface area contributed by atoms with Gasteiger partial charge in [-0.3, -0.25) is 9.59 Å². The summed E-state index contributed by atoms with van der Waals surface area (Å²) in [4.78, 5) is 36.4. The molecule has 0 unspecified atom stereocenters. The number of carboxylic acids is 1. The summed E-state index contributed by atoms with van der Waals surface area (Å²) in [5.41, 5.74) is 0.812. The monoisotopic (exact) mass is 356 g/mol. The molecule has 1 aromatic rings. The summed E-state index contributed by atoms with van der Waals surface area (Å²) in [6.07, 6.45) is 7.19. The smallest absolute Gasteiger partial charge is 0.326 e. The van der Waals surface area contributed by atoms with Crippen LogP contribution in [0.4, 0.5) is 0 Å². The van der Waals surface area contributed by atoms with Gasteiger partial charge in [-0.2, -0.15) is 0 Å². The van der Waals surface area contributed by atoms with Crippen molar-refractivity contribution in [3.63, 3.8) is 0 Å². The summed E-state index contributed by atoms with van der Waals surface area (Å²) in [5.74, 6) is -2.47. The van der Waals surface area contributed by atoms with Gasteiger partial charge in [0.1, 0.15) is 12.1 Å². The Morgan fingerprint density at radius 1 is 1.04 bits per heavy atom. The zero-order valence-electron chi connectivity index (χ0n) is 14.9. The molecule has 0 spiro atoms. The lowest BCUT2D eigenvalue weighted by Crippen LogP contribution is -2.54. The van der Waals surface area contributed by atoms with E-state index >= 15 is 0 Å². The molecule has 0 aliphatic heterocycles. The van der Waals surface area contributed by atoms with Crippen LogP contribution in [0.25, 0.3) is 0 Å². The zero-order valence-corrected chi connectivity index (χ0v) is 14.9. The SMILES string of the molecule is CC(C)[C@H](NC(=O)C1C=CC=C1)C(=O)N[C@@H](Cc1ccccc1)C(=O)O. The van der Waals surface area contributed by atoms with Gasteiger partial charge in [0.2, 0.25) is 11.8 Å². The molecule has 3 N–H and O–H groups in total. The Bertz CT molecular complexity index is 698. The van der Waals surface area contributed by atoms with Crippen LogP contribution in [0.1, 0.15) is 19.4 Å². The van der Waals surface area contributed by atoms with Crippen LogP contribution in [0.15, 0.2) is 54.6 Å². The molecule has 0 saturated carbocycles. The van der Waals surface area contributed by atoms with E-state index in [4.69, 9.17) is 0 Å². The lowest BCUT2D eigenvalue weighted by atomic mass is 10.0. The fraction of sp³-hybridized carbons (Fsp3) is 0.350. The first-order valence-electron chi connectivity index (χ1n) is 8.61. The number of rotatable bonds is 8. The second-order valence-corrected chi connectivity index (χ2v) is 6.61. The van der Waals surface area contributed by atoms with Crippen molar-refractivity contribution < 1.29 is 19.5 Å². The molecule has 26 heavy (non-hydrogen) atoms. The Labute approximate surface area is 153 Å². The van der Waals surface area contributed by atoms with E-state index in [0.717, 1.165) is 5.56 Å². The van der Waals surface area contributed by atoms with Crippen molar-refractivity contribution in [2.45, 2.75) is 32.4 Å². The van der Waals surface area contributed by atoms with E-state index in [1.54, 1.807) is 38.2 Å². The van der Waals surface area contributed by atoms with Crippen LogP contribution in [0, 0.1) is 11.8 Å². The maximum absolute atomic E-state index is 12.6. The lowest BCUT2D eigenvalue weighted by Gasteiger charge is -2.25. The third kappa shape index (κ3) is 5.31. The lowest BCUT2D eigenvalue weighted by molar-refractivity contribution is -0.142. The van der Waals surface area contributed by atoms with Crippen molar-refractivity contribution in [1.29, 1.82) is 0 Å². The van der Waals surface area contributed by atoms with Crippen LogP contribution < -0.4 is 10.6 Å². The van der Waals surface area contributed by atoms with Gasteiger partial charge in [0, 0.05) is 6.42 Å². The topological polar surface area (TPSA) is 95.5 Å². The number of benzene rings is 1. The van der Waals surface area contributed by atoms with E-state index in [-0.39, 0.29) is 18.2 Å². The van der Waals surface area contributed by atoms with E-state index in [2.05, 4.69) is 10.6 Å². The predicted molar refractivity (Wildman–Crippen MR) is 98.3 cm³/mol. The molecule has 138 valence electrons. The molecular weight excluding hydrogens is 332 g/mol. The minimum Gasteiger partial charge on any atom is -0.480 e. The molecule has 2 amide bonds. The van der Waals surface area contributed by atoms with Crippen molar-refractivity contribution in [2.75, 3.05) is 0 Å². The van der Waals surface area contributed by atoms with Crippen molar-refractivity contribution in [3.8, 4) is 0 Å². The molecular formula is C20H24N2O4. The third-order valence-corrected chi connectivity index (χ3v) is 4.19. The Kier molecular flexibility index (Phi) is 6.72. The summed E-state index contributed by atoms with van der Waals surface area (Å²) >= 11 is 0. The molecule has 6 nitrogen and oxygen atoms in total. The highest BCUT2D eigenvalue weighted by atomic mass is 16.4. The van der Waals surface area contributed by atoms with Crippen LogP contribution in [0.3, 0.4) is 0 Å². The van der Waals surface area contributed by atoms with Gasteiger partial charge >= 0.3 is 5.97 Å². The second kappa shape index (κ2) is 8.99. The molecule has 0 aromatic heterocycles. The average Bonchev–Trinajstić information content (AvgIpc) is 3.14. The zero-order chi connectivity index (χ0) is 19.1. The molecule has 0 heterocycles. The molecule has 6 heteroatoms. The molecule has 1 aromatic carbocycles. The van der Waals surface area contributed by atoms with Gasteiger partial charge in [-0.25, -0.2) is 4.79 Å². The maximum atomic E-state index is 12.6. The van der Waals surface area contributed by atoms with Crippen LogP contribution in [-0.2, 0) is 20.8 Å². The number of carbonyl (C=O) groups is 3. The number of aliphatic carboxylic acids is 1. The Hall–Kier alpha value is -2.89. The molecule has 1 aliphatic carbocycles. The number of allylic oxidation sites excluding steroid dienone is 2. The van der Waals surface area contributed by atoms with Gasteiger partial charge < -0.3 is 15.7 Å². The number of nitrogens with one attached hydrogen (secondary N) is 2. The maximum Gasteiger partial charge on any atom is 0.326 e. The molecule has 0 saturated heterocycles. The number of hydrogen-bond acceptors (Lipinski definition) is 3. The van der Waals surface area contributed by atoms with Crippen LogP contribution in [0.5, 0.6) is 0 Å². The van der Waals surface area contributed by atoms with E-state index < -0.39 is 29.9 Å². The molecule has 1 aliphatic rings. The van der Waals surface area contributed by atoms with Gasteiger partial charge in [0.05, 0.1) is 5.92 Å². The van der Waals surface area contributed by atoms with Crippen molar-refractivity contribution in [3.05, 3.63) is 60.2 Å². The second-order valence-electron chi connectivity index (χ2n) is 6.61. The number of hydrogen-bond donors (Lipinski definition) is 3. The first-order chi connectivity index (χ1) is 12.4. The summed E-state index contributed by atoms with van der Waals surface area (Å²) < 4.78 is 0. The van der Waals surface area contributed by atoms with Crippen molar-refractivity contribution in [2.24, 2.45) is 11.8 Å². The standard InChI is InChI=1S/C20H24N2O4/c1-13(2)17(22-18(23)15-10-6-7-11-15)19(24)21-16(20(25)26)12-14-8-4-3-5-9-14/h3-11,13,15-17H,12H2,1-2H3,(H,21,24)(H,22,23)(H,25,26)/t16-,17-/m0/s1. The fourth-order valence-corrected chi connectivity index (χ4v) is 2.70. The molecule has 2 rings (SSSR count). The summed E-state index contributed by atoms with van der Waals surface area (Å²) in [6.45, 7) is 3.61. The van der Waals surface area contributed by atoms with Crippen LogP contribution in [0.2, 0.25) is 0 Å². The van der Waals surface area contributed by atoms with Gasteiger partial charge in [-0.05, 0) is 11.5 Å². The van der Waals surface area contributed by atoms with Crippen molar-refractivity contribution >= 4 is 17.8 Å².